The van der Waals surface area contributed by atoms with Crippen molar-refractivity contribution in [2.24, 2.45) is 0 Å². The Bertz CT molecular complexity index is 616. The number of nitrogens with zero attached hydrogens (tertiary/aromatic N) is 2. The maximum atomic E-state index is 11.1. The normalized spacial score (nSPS) is 12.3. The van der Waals surface area contributed by atoms with E-state index in [1.807, 2.05) is 42.3 Å². The minimum atomic E-state index is -0.354. The van der Waals surface area contributed by atoms with Gasteiger partial charge in [-0.2, -0.15) is 0 Å². The Morgan fingerprint density at radius 2 is 1.77 bits per heavy atom. The first-order valence-electron chi connectivity index (χ1n) is 7.22. The van der Waals surface area contributed by atoms with Gasteiger partial charge in [0, 0.05) is 30.8 Å². The Labute approximate surface area is 130 Å². The zero-order valence-electron chi connectivity index (χ0n) is 12.6. The highest BCUT2D eigenvalue weighted by Gasteiger charge is 2.20. The summed E-state index contributed by atoms with van der Waals surface area (Å²) in [6.45, 7) is 0.525. The lowest BCUT2D eigenvalue weighted by Gasteiger charge is -2.28. The molecule has 0 fully saturated rings. The van der Waals surface area contributed by atoms with Crippen molar-refractivity contribution in [3.63, 3.8) is 0 Å². The molecule has 2 aromatic rings. The van der Waals surface area contributed by atoms with Crippen LogP contribution in [0.15, 0.2) is 54.6 Å². The fraction of sp³-hybridized carbons (Fsp3) is 0.294. The second-order valence-corrected chi connectivity index (χ2v) is 5.24. The molecule has 5 heteroatoms. The topological polar surface area (TPSA) is 66.6 Å². The van der Waals surface area contributed by atoms with Crippen LogP contribution in [0.5, 0.6) is 0 Å². The maximum absolute atomic E-state index is 11.1. The van der Waals surface area contributed by atoms with Gasteiger partial charge in [-0.1, -0.05) is 48.5 Å². The first kappa shape index (κ1) is 16.1. The Morgan fingerprint density at radius 1 is 1.14 bits per heavy atom. The number of hydrogen-bond donors (Lipinski definition) is 1. The van der Waals surface area contributed by atoms with Crippen LogP contribution in [0.3, 0.4) is 0 Å². The van der Waals surface area contributed by atoms with Crippen molar-refractivity contribution in [3.05, 3.63) is 75.8 Å². The predicted octanol–water partition coefficient (Wildman–Crippen LogP) is 3.15. The molecule has 0 spiro atoms. The van der Waals surface area contributed by atoms with E-state index in [0.29, 0.717) is 18.5 Å². The summed E-state index contributed by atoms with van der Waals surface area (Å²) in [5, 5.41) is 20.4. The summed E-state index contributed by atoms with van der Waals surface area (Å²) in [7, 11) is 1.92. The van der Waals surface area contributed by atoms with E-state index in [9.17, 15) is 15.2 Å². The molecule has 0 aliphatic heterocycles. The van der Waals surface area contributed by atoms with Gasteiger partial charge in [0.2, 0.25) is 0 Å². The lowest BCUT2D eigenvalue weighted by Crippen LogP contribution is -2.25. The lowest BCUT2D eigenvalue weighted by molar-refractivity contribution is -0.385. The minimum absolute atomic E-state index is 0.0195. The number of aliphatic hydroxyl groups is 1. The molecule has 1 N–H and O–H groups in total. The average molecular weight is 300 g/mol. The largest absolute Gasteiger partial charge is 0.396 e. The van der Waals surface area contributed by atoms with Crippen molar-refractivity contribution in [2.75, 3.05) is 13.7 Å². The van der Waals surface area contributed by atoms with Crippen LogP contribution in [0, 0.1) is 10.1 Å². The maximum Gasteiger partial charge on any atom is 0.273 e. The molecule has 1 atom stereocenters. The Hall–Kier alpha value is -2.24. The molecule has 5 nitrogen and oxygen atoms in total. The first-order chi connectivity index (χ1) is 10.6. The molecule has 22 heavy (non-hydrogen) atoms. The molecule has 0 aromatic heterocycles. The molecule has 1 unspecified atom stereocenters. The third-order valence-electron chi connectivity index (χ3n) is 3.73. The van der Waals surface area contributed by atoms with Crippen LogP contribution in [0.25, 0.3) is 0 Å². The van der Waals surface area contributed by atoms with Crippen LogP contribution in [0.2, 0.25) is 0 Å². The van der Waals surface area contributed by atoms with E-state index >= 15 is 0 Å². The summed E-state index contributed by atoms with van der Waals surface area (Å²) in [6, 6.07) is 16.7. The number of nitro benzene ring substituents is 1. The molecule has 0 saturated heterocycles. The van der Waals surface area contributed by atoms with Crippen LogP contribution in [-0.2, 0) is 6.54 Å². The molecule has 0 aliphatic rings. The zero-order chi connectivity index (χ0) is 15.9. The predicted molar refractivity (Wildman–Crippen MR) is 85.4 cm³/mol. The first-order valence-corrected chi connectivity index (χ1v) is 7.22. The van der Waals surface area contributed by atoms with E-state index in [-0.39, 0.29) is 23.3 Å². The molecule has 0 amide bonds. The van der Waals surface area contributed by atoms with Gasteiger partial charge in [-0.15, -0.1) is 0 Å². The summed E-state index contributed by atoms with van der Waals surface area (Å²) in [6.07, 6.45) is 0.584. The van der Waals surface area contributed by atoms with Gasteiger partial charge in [0.25, 0.3) is 5.69 Å². The highest BCUT2D eigenvalue weighted by Crippen LogP contribution is 2.27. The van der Waals surface area contributed by atoms with Crippen molar-refractivity contribution in [3.8, 4) is 0 Å². The van der Waals surface area contributed by atoms with Crippen molar-refractivity contribution in [1.29, 1.82) is 0 Å². The number of aliphatic hydroxyl groups excluding tert-OH is 1. The van der Waals surface area contributed by atoms with Crippen molar-refractivity contribution < 1.29 is 10.0 Å². The number of nitro groups is 1. The van der Waals surface area contributed by atoms with Crippen LogP contribution in [0.1, 0.15) is 23.6 Å². The van der Waals surface area contributed by atoms with Gasteiger partial charge in [0.05, 0.1) is 4.92 Å². The summed E-state index contributed by atoms with van der Waals surface area (Å²) < 4.78 is 0. The molecule has 0 radical (unpaired) electrons. The standard InChI is InChI=1S/C17H20N2O3/c1-18(13-15-9-5-6-10-17(15)19(21)22)16(11-12-20)14-7-3-2-4-8-14/h2-10,16,20H,11-13H2,1H3. The van der Waals surface area contributed by atoms with Gasteiger partial charge in [-0.05, 0) is 19.0 Å². The van der Waals surface area contributed by atoms with Gasteiger partial charge >= 0.3 is 0 Å². The van der Waals surface area contributed by atoms with E-state index in [1.54, 1.807) is 18.2 Å². The van der Waals surface area contributed by atoms with Crippen LogP contribution >= 0.6 is 0 Å². The van der Waals surface area contributed by atoms with Crippen LogP contribution in [0.4, 0.5) is 5.69 Å². The number of para-hydroxylation sites is 1. The minimum Gasteiger partial charge on any atom is -0.396 e. The zero-order valence-corrected chi connectivity index (χ0v) is 12.6. The number of rotatable bonds is 7. The van der Waals surface area contributed by atoms with Gasteiger partial charge in [-0.25, -0.2) is 0 Å². The summed E-state index contributed by atoms with van der Waals surface area (Å²) >= 11 is 0. The fourth-order valence-corrected chi connectivity index (χ4v) is 2.64. The van der Waals surface area contributed by atoms with E-state index < -0.39 is 0 Å². The molecule has 2 aromatic carbocycles. The SMILES string of the molecule is CN(Cc1ccccc1[N+](=O)[O-])C(CCO)c1ccccc1. The Morgan fingerprint density at radius 3 is 2.41 bits per heavy atom. The second-order valence-electron chi connectivity index (χ2n) is 5.24. The van der Waals surface area contributed by atoms with Crippen molar-refractivity contribution in [2.45, 2.75) is 19.0 Å². The third kappa shape index (κ3) is 3.90. The molecular weight excluding hydrogens is 280 g/mol. The van der Waals surface area contributed by atoms with Gasteiger partial charge in [0.1, 0.15) is 0 Å². The van der Waals surface area contributed by atoms with Crippen LogP contribution < -0.4 is 0 Å². The van der Waals surface area contributed by atoms with E-state index in [1.165, 1.54) is 6.07 Å². The monoisotopic (exact) mass is 300 g/mol. The second kappa shape index (κ2) is 7.68. The Balaban J connectivity index is 2.22. The molecule has 0 heterocycles. The number of benzene rings is 2. The highest BCUT2D eigenvalue weighted by atomic mass is 16.6. The molecule has 0 saturated carbocycles. The molecular formula is C17H20N2O3. The van der Waals surface area contributed by atoms with Crippen LogP contribution in [-0.4, -0.2) is 28.6 Å². The fourth-order valence-electron chi connectivity index (χ4n) is 2.64. The average Bonchev–Trinajstić information content (AvgIpc) is 2.53. The molecule has 2 rings (SSSR count). The number of hydrogen-bond acceptors (Lipinski definition) is 4. The smallest absolute Gasteiger partial charge is 0.273 e. The highest BCUT2D eigenvalue weighted by molar-refractivity contribution is 5.39. The van der Waals surface area contributed by atoms with E-state index in [0.717, 1.165) is 5.56 Å². The van der Waals surface area contributed by atoms with Gasteiger partial charge in [0.15, 0.2) is 0 Å². The quantitative estimate of drug-likeness (QED) is 0.630. The summed E-state index contributed by atoms with van der Waals surface area (Å²) in [4.78, 5) is 12.8. The van der Waals surface area contributed by atoms with E-state index in [2.05, 4.69) is 0 Å². The van der Waals surface area contributed by atoms with Crippen molar-refractivity contribution >= 4 is 5.69 Å². The summed E-state index contributed by atoms with van der Waals surface area (Å²) in [5.41, 5.74) is 1.90. The molecule has 0 bridgehead atoms. The van der Waals surface area contributed by atoms with Gasteiger partial charge < -0.3 is 5.11 Å². The van der Waals surface area contributed by atoms with Gasteiger partial charge in [-0.3, -0.25) is 15.0 Å². The summed E-state index contributed by atoms with van der Waals surface area (Å²) in [5.74, 6) is 0. The molecule has 0 aliphatic carbocycles. The lowest BCUT2D eigenvalue weighted by atomic mass is 10.0. The molecule has 116 valence electrons. The third-order valence-corrected chi connectivity index (χ3v) is 3.73. The van der Waals surface area contributed by atoms with E-state index in [4.69, 9.17) is 0 Å². The van der Waals surface area contributed by atoms with Crippen molar-refractivity contribution in [1.82, 2.24) is 4.90 Å². The Kier molecular flexibility index (Phi) is 5.63.